The minimum atomic E-state index is -0.563. The van der Waals surface area contributed by atoms with E-state index in [1.807, 2.05) is 55.5 Å². The van der Waals surface area contributed by atoms with Gasteiger partial charge < -0.3 is 18.7 Å². The molecule has 0 amide bonds. The molecule has 1 aromatic heterocycles. The number of rotatable bonds is 8. The van der Waals surface area contributed by atoms with E-state index in [4.69, 9.17) is 18.7 Å². The summed E-state index contributed by atoms with van der Waals surface area (Å²) < 4.78 is 22.0. The number of nitrogens with zero attached hydrogens (tertiary/aromatic N) is 2. The van der Waals surface area contributed by atoms with Crippen molar-refractivity contribution in [2.75, 3.05) is 13.7 Å². The second-order valence-electron chi connectivity index (χ2n) is 5.88. The van der Waals surface area contributed by atoms with E-state index in [9.17, 15) is 4.79 Å². The van der Waals surface area contributed by atoms with Gasteiger partial charge in [-0.15, -0.1) is 0 Å². The quantitative estimate of drug-likeness (QED) is 0.453. The van der Waals surface area contributed by atoms with Crippen LogP contribution >= 0.6 is 15.9 Å². The predicted octanol–water partition coefficient (Wildman–Crippen LogP) is 4.66. The van der Waals surface area contributed by atoms with Gasteiger partial charge in [0.2, 0.25) is 5.82 Å². The van der Waals surface area contributed by atoms with Crippen LogP contribution in [0.25, 0.3) is 17.5 Å². The third-order valence-corrected chi connectivity index (χ3v) is 4.29. The predicted molar refractivity (Wildman–Crippen MR) is 110 cm³/mol. The Kier molecular flexibility index (Phi) is 7.02. The molecule has 0 bridgehead atoms. The first-order chi connectivity index (χ1) is 14.1. The molecule has 0 saturated carbocycles. The molecule has 0 saturated heterocycles. The monoisotopic (exact) mass is 458 g/mol. The normalized spacial score (nSPS) is 10.9. The average Bonchev–Trinajstić information content (AvgIpc) is 3.20. The number of benzene rings is 2. The van der Waals surface area contributed by atoms with Crippen LogP contribution < -0.4 is 9.47 Å². The zero-order valence-electron chi connectivity index (χ0n) is 15.9. The summed E-state index contributed by atoms with van der Waals surface area (Å²) in [4.78, 5) is 16.2. The summed E-state index contributed by atoms with van der Waals surface area (Å²) in [6, 6.07) is 12.9. The highest BCUT2D eigenvalue weighted by molar-refractivity contribution is 9.10. The summed E-state index contributed by atoms with van der Waals surface area (Å²) in [5, 5.41) is 3.89. The first kappa shape index (κ1) is 20.6. The molecule has 1 heterocycles. The maximum atomic E-state index is 12.0. The van der Waals surface area contributed by atoms with Gasteiger partial charge in [-0.2, -0.15) is 4.98 Å². The summed E-state index contributed by atoms with van der Waals surface area (Å²) in [7, 11) is 1.54. The molecule has 2 aromatic carbocycles. The Morgan fingerprint density at radius 1 is 1.21 bits per heavy atom. The van der Waals surface area contributed by atoms with Gasteiger partial charge in [0.1, 0.15) is 0 Å². The standard InChI is InChI=1S/C21H19BrN2O5/c1-3-5-14-8-9-17(18(10-14)26-2)27-13-20(25)28-12-19-23-21(24-29-19)15-6-4-7-16(22)11-15/h3-11H,12-13H2,1-2H3/b5-3+. The van der Waals surface area contributed by atoms with Crippen LogP contribution in [-0.4, -0.2) is 29.8 Å². The molecule has 7 nitrogen and oxygen atoms in total. The molecule has 0 aliphatic heterocycles. The fourth-order valence-electron chi connectivity index (χ4n) is 2.48. The zero-order chi connectivity index (χ0) is 20.6. The molecule has 0 N–H and O–H groups in total. The number of carbonyl (C=O) groups excluding carboxylic acids is 1. The summed E-state index contributed by atoms with van der Waals surface area (Å²) in [6.45, 7) is 1.52. The first-order valence-electron chi connectivity index (χ1n) is 8.76. The second kappa shape index (κ2) is 9.88. The van der Waals surface area contributed by atoms with Crippen LogP contribution in [0.5, 0.6) is 11.5 Å². The number of carbonyl (C=O) groups is 1. The lowest BCUT2D eigenvalue weighted by atomic mass is 10.2. The van der Waals surface area contributed by atoms with E-state index in [1.54, 1.807) is 13.2 Å². The molecule has 3 rings (SSSR count). The number of hydrogen-bond donors (Lipinski definition) is 0. The Hall–Kier alpha value is -3.13. The molecule has 0 atom stereocenters. The lowest BCUT2D eigenvalue weighted by Gasteiger charge is -2.10. The second-order valence-corrected chi connectivity index (χ2v) is 6.80. The molecule has 0 unspecified atom stereocenters. The molecular weight excluding hydrogens is 440 g/mol. The smallest absolute Gasteiger partial charge is 0.344 e. The van der Waals surface area contributed by atoms with Crippen LogP contribution in [0.15, 0.2) is 57.5 Å². The van der Waals surface area contributed by atoms with Gasteiger partial charge in [-0.3, -0.25) is 0 Å². The lowest BCUT2D eigenvalue weighted by Crippen LogP contribution is -2.15. The molecule has 0 aliphatic rings. The SMILES string of the molecule is C/C=C/c1ccc(OCC(=O)OCc2nc(-c3cccc(Br)c3)no2)c(OC)c1. The van der Waals surface area contributed by atoms with Crippen molar-refractivity contribution in [1.29, 1.82) is 0 Å². The fraction of sp³-hybridized carbons (Fsp3) is 0.190. The van der Waals surface area contributed by atoms with Gasteiger partial charge >= 0.3 is 5.97 Å². The van der Waals surface area contributed by atoms with E-state index < -0.39 is 5.97 Å². The van der Waals surface area contributed by atoms with Gasteiger partial charge in [0.15, 0.2) is 24.7 Å². The first-order valence-corrected chi connectivity index (χ1v) is 9.56. The van der Waals surface area contributed by atoms with Crippen LogP contribution in [0, 0.1) is 0 Å². The molecular formula is C21H19BrN2O5. The van der Waals surface area contributed by atoms with E-state index >= 15 is 0 Å². The molecule has 0 fully saturated rings. The topological polar surface area (TPSA) is 83.7 Å². The maximum absolute atomic E-state index is 12.0. The summed E-state index contributed by atoms with van der Waals surface area (Å²) in [5.74, 6) is 1.03. The van der Waals surface area contributed by atoms with Crippen molar-refractivity contribution in [3.05, 3.63) is 64.5 Å². The van der Waals surface area contributed by atoms with Gasteiger partial charge in [0, 0.05) is 10.0 Å². The summed E-state index contributed by atoms with van der Waals surface area (Å²) in [6.07, 6.45) is 3.86. The number of esters is 1. The van der Waals surface area contributed by atoms with Crippen molar-refractivity contribution in [2.24, 2.45) is 0 Å². The van der Waals surface area contributed by atoms with E-state index in [0.29, 0.717) is 17.3 Å². The molecule has 150 valence electrons. The maximum Gasteiger partial charge on any atom is 0.344 e. The fourth-order valence-corrected chi connectivity index (χ4v) is 2.88. The zero-order valence-corrected chi connectivity index (χ0v) is 17.5. The Labute approximate surface area is 176 Å². The lowest BCUT2D eigenvalue weighted by molar-refractivity contribution is -0.148. The molecule has 3 aromatic rings. The summed E-state index contributed by atoms with van der Waals surface area (Å²) >= 11 is 3.39. The Balaban J connectivity index is 1.53. The Morgan fingerprint density at radius 3 is 2.83 bits per heavy atom. The number of aromatic nitrogens is 2. The van der Waals surface area contributed by atoms with E-state index in [1.165, 1.54) is 0 Å². The number of methoxy groups -OCH3 is 1. The third kappa shape index (κ3) is 5.68. The highest BCUT2D eigenvalue weighted by atomic mass is 79.9. The molecule has 0 radical (unpaired) electrons. The van der Waals surface area contributed by atoms with Gasteiger partial charge in [-0.25, -0.2) is 4.79 Å². The molecule has 0 aliphatic carbocycles. The van der Waals surface area contributed by atoms with Gasteiger partial charge in [-0.1, -0.05) is 51.4 Å². The van der Waals surface area contributed by atoms with Crippen LogP contribution in [0.1, 0.15) is 18.4 Å². The van der Waals surface area contributed by atoms with Crippen LogP contribution in [0.4, 0.5) is 0 Å². The van der Waals surface area contributed by atoms with E-state index in [2.05, 4.69) is 26.1 Å². The van der Waals surface area contributed by atoms with Crippen LogP contribution in [0.2, 0.25) is 0 Å². The number of hydrogen-bond acceptors (Lipinski definition) is 7. The minimum absolute atomic E-state index is 0.138. The summed E-state index contributed by atoms with van der Waals surface area (Å²) in [5.41, 5.74) is 1.76. The Morgan fingerprint density at radius 2 is 2.07 bits per heavy atom. The van der Waals surface area contributed by atoms with Crippen molar-refractivity contribution in [3.8, 4) is 22.9 Å². The highest BCUT2D eigenvalue weighted by Gasteiger charge is 2.13. The highest BCUT2D eigenvalue weighted by Crippen LogP contribution is 2.28. The number of allylic oxidation sites excluding steroid dienone is 1. The van der Waals surface area contributed by atoms with Gasteiger partial charge in [0.05, 0.1) is 7.11 Å². The third-order valence-electron chi connectivity index (χ3n) is 3.80. The van der Waals surface area contributed by atoms with E-state index in [-0.39, 0.29) is 19.1 Å². The van der Waals surface area contributed by atoms with Crippen molar-refractivity contribution < 1.29 is 23.5 Å². The average molecular weight is 459 g/mol. The van der Waals surface area contributed by atoms with Crippen molar-refractivity contribution in [1.82, 2.24) is 10.1 Å². The minimum Gasteiger partial charge on any atom is -0.493 e. The van der Waals surface area contributed by atoms with Crippen molar-refractivity contribution >= 4 is 28.0 Å². The van der Waals surface area contributed by atoms with Crippen molar-refractivity contribution in [2.45, 2.75) is 13.5 Å². The number of halogens is 1. The van der Waals surface area contributed by atoms with Crippen LogP contribution in [-0.2, 0) is 16.1 Å². The molecule has 8 heteroatoms. The van der Waals surface area contributed by atoms with Gasteiger partial charge in [0.25, 0.3) is 5.89 Å². The number of ether oxygens (including phenoxy) is 3. The Bertz CT molecular complexity index is 1020. The van der Waals surface area contributed by atoms with E-state index in [0.717, 1.165) is 15.6 Å². The largest absolute Gasteiger partial charge is 0.493 e. The molecule has 0 spiro atoms. The molecule has 29 heavy (non-hydrogen) atoms. The van der Waals surface area contributed by atoms with Crippen molar-refractivity contribution in [3.63, 3.8) is 0 Å². The van der Waals surface area contributed by atoms with Gasteiger partial charge in [-0.05, 0) is 36.8 Å². The van der Waals surface area contributed by atoms with Crippen LogP contribution in [0.3, 0.4) is 0 Å².